The Morgan fingerprint density at radius 2 is 1.50 bits per heavy atom. The molecular weight excluding hydrogens is 405 g/mol. The van der Waals surface area contributed by atoms with Crippen molar-refractivity contribution in [3.05, 3.63) is 34.9 Å². The standard InChI is InChI=1S/C16H18F6N2.2ClH/c17-15(18,19)11-3-4-12(13(9-11)16(20,21)22)14(10-1-2-10)24-7-5-23-6-8-24;;/h3-4,9-10,14,23H,1-2,5-8H2;2*1H/t14-;;/m1../s1. The quantitative estimate of drug-likeness (QED) is 0.692. The highest BCUT2D eigenvalue weighted by Crippen LogP contribution is 2.48. The second kappa shape index (κ2) is 8.54. The summed E-state index contributed by atoms with van der Waals surface area (Å²) in [6.07, 6.45) is -7.97. The molecule has 1 atom stereocenters. The fourth-order valence-electron chi connectivity index (χ4n) is 3.36. The third kappa shape index (κ3) is 5.18. The molecule has 26 heavy (non-hydrogen) atoms. The average molecular weight is 425 g/mol. The van der Waals surface area contributed by atoms with Gasteiger partial charge in [0.2, 0.25) is 0 Å². The van der Waals surface area contributed by atoms with Crippen molar-refractivity contribution in [2.45, 2.75) is 31.2 Å². The normalized spacial score (nSPS) is 20.1. The van der Waals surface area contributed by atoms with E-state index in [2.05, 4.69) is 5.32 Å². The smallest absolute Gasteiger partial charge is 0.314 e. The molecule has 1 saturated heterocycles. The second-order valence-corrected chi connectivity index (χ2v) is 6.37. The summed E-state index contributed by atoms with van der Waals surface area (Å²) in [5.41, 5.74) is -2.44. The molecule has 2 nitrogen and oxygen atoms in total. The Morgan fingerprint density at radius 1 is 0.923 bits per heavy atom. The predicted octanol–water partition coefficient (Wildman–Crippen LogP) is 4.92. The molecule has 0 unspecified atom stereocenters. The molecule has 1 heterocycles. The lowest BCUT2D eigenvalue weighted by molar-refractivity contribution is -0.143. The van der Waals surface area contributed by atoms with E-state index in [4.69, 9.17) is 0 Å². The van der Waals surface area contributed by atoms with E-state index in [0.717, 1.165) is 25.0 Å². The van der Waals surface area contributed by atoms with Crippen LogP contribution in [0.2, 0.25) is 0 Å². The Hall–Kier alpha value is -0.700. The zero-order valence-corrected chi connectivity index (χ0v) is 15.3. The van der Waals surface area contributed by atoms with Crippen LogP contribution in [0, 0.1) is 5.92 Å². The molecule has 10 heteroatoms. The third-order valence-corrected chi connectivity index (χ3v) is 4.62. The van der Waals surface area contributed by atoms with Crippen LogP contribution in [-0.2, 0) is 12.4 Å². The molecule has 0 spiro atoms. The number of rotatable bonds is 3. The van der Waals surface area contributed by atoms with Crippen LogP contribution in [0.15, 0.2) is 18.2 Å². The maximum Gasteiger partial charge on any atom is 0.416 e. The van der Waals surface area contributed by atoms with E-state index in [9.17, 15) is 26.3 Å². The molecule has 0 bridgehead atoms. The monoisotopic (exact) mass is 424 g/mol. The summed E-state index contributed by atoms with van der Waals surface area (Å²) in [6.45, 7) is 2.54. The Bertz CT molecular complexity index is 595. The molecule has 1 aromatic carbocycles. The summed E-state index contributed by atoms with van der Waals surface area (Å²) in [6, 6.07) is 1.58. The van der Waals surface area contributed by atoms with Gasteiger partial charge in [-0.25, -0.2) is 0 Å². The van der Waals surface area contributed by atoms with E-state index in [-0.39, 0.29) is 42.4 Å². The zero-order chi connectivity index (χ0) is 17.5. The highest BCUT2D eigenvalue weighted by Gasteiger charge is 2.44. The highest BCUT2D eigenvalue weighted by atomic mass is 35.5. The van der Waals surface area contributed by atoms with Crippen LogP contribution in [0.1, 0.15) is 35.6 Å². The number of nitrogens with one attached hydrogen (secondary N) is 1. The Morgan fingerprint density at radius 3 is 1.96 bits per heavy atom. The molecule has 1 aliphatic carbocycles. The SMILES string of the molecule is Cl.Cl.FC(F)(F)c1ccc([C@@H](C2CC2)N2CCNCC2)c(C(F)(F)F)c1. The Balaban J connectivity index is 0.00000169. The molecule has 1 N–H and O–H groups in total. The van der Waals surface area contributed by atoms with Gasteiger partial charge in [-0.15, -0.1) is 24.8 Å². The van der Waals surface area contributed by atoms with Gasteiger partial charge in [-0.1, -0.05) is 6.07 Å². The number of piperazine rings is 1. The number of benzene rings is 1. The minimum Gasteiger partial charge on any atom is -0.314 e. The van der Waals surface area contributed by atoms with E-state index in [1.165, 1.54) is 0 Å². The predicted molar refractivity (Wildman–Crippen MR) is 90.8 cm³/mol. The summed E-state index contributed by atoms with van der Waals surface area (Å²) in [4.78, 5) is 1.96. The van der Waals surface area contributed by atoms with Gasteiger partial charge in [0.25, 0.3) is 0 Å². The molecule has 1 aliphatic heterocycles. The van der Waals surface area contributed by atoms with Crippen LogP contribution in [0.3, 0.4) is 0 Å². The van der Waals surface area contributed by atoms with E-state index in [1.807, 2.05) is 4.90 Å². The van der Waals surface area contributed by atoms with Crippen molar-refractivity contribution < 1.29 is 26.3 Å². The fraction of sp³-hybridized carbons (Fsp3) is 0.625. The fourth-order valence-corrected chi connectivity index (χ4v) is 3.36. The van der Waals surface area contributed by atoms with Crippen LogP contribution in [0.5, 0.6) is 0 Å². The van der Waals surface area contributed by atoms with E-state index in [1.54, 1.807) is 0 Å². The first-order valence-corrected chi connectivity index (χ1v) is 7.91. The van der Waals surface area contributed by atoms with Crippen LogP contribution in [-0.4, -0.2) is 31.1 Å². The van der Waals surface area contributed by atoms with Gasteiger partial charge in [-0.05, 0) is 36.5 Å². The Labute approximate surface area is 160 Å². The molecule has 1 saturated carbocycles. The van der Waals surface area contributed by atoms with E-state index < -0.39 is 29.5 Å². The van der Waals surface area contributed by atoms with Gasteiger partial charge < -0.3 is 5.32 Å². The number of hydrogen-bond donors (Lipinski definition) is 1. The van der Waals surface area contributed by atoms with E-state index >= 15 is 0 Å². The third-order valence-electron chi connectivity index (χ3n) is 4.62. The Kier molecular flexibility index (Phi) is 7.67. The van der Waals surface area contributed by atoms with Gasteiger partial charge >= 0.3 is 12.4 Å². The van der Waals surface area contributed by atoms with Gasteiger partial charge in [-0.2, -0.15) is 26.3 Å². The second-order valence-electron chi connectivity index (χ2n) is 6.37. The minimum atomic E-state index is -4.81. The largest absolute Gasteiger partial charge is 0.416 e. The van der Waals surface area contributed by atoms with Gasteiger partial charge in [0.05, 0.1) is 11.1 Å². The van der Waals surface area contributed by atoms with Crippen molar-refractivity contribution >= 4 is 24.8 Å². The summed E-state index contributed by atoms with van der Waals surface area (Å²) in [5, 5.41) is 3.14. The van der Waals surface area contributed by atoms with Crippen molar-refractivity contribution in [1.82, 2.24) is 10.2 Å². The first-order chi connectivity index (χ1) is 11.2. The van der Waals surface area contributed by atoms with Crippen molar-refractivity contribution in [2.75, 3.05) is 26.2 Å². The van der Waals surface area contributed by atoms with Crippen LogP contribution >= 0.6 is 24.8 Å². The average Bonchev–Trinajstić information content (AvgIpc) is 3.31. The first-order valence-electron chi connectivity index (χ1n) is 7.91. The van der Waals surface area contributed by atoms with Gasteiger partial charge in [0.15, 0.2) is 0 Å². The van der Waals surface area contributed by atoms with Crippen molar-refractivity contribution in [1.29, 1.82) is 0 Å². The lowest BCUT2D eigenvalue weighted by Crippen LogP contribution is -2.46. The van der Waals surface area contributed by atoms with Gasteiger partial charge in [0.1, 0.15) is 0 Å². The summed E-state index contributed by atoms with van der Waals surface area (Å²) in [5.74, 6) is 0.0842. The molecule has 2 aliphatic rings. The van der Waals surface area contributed by atoms with Gasteiger partial charge in [0, 0.05) is 32.2 Å². The molecule has 3 rings (SSSR count). The van der Waals surface area contributed by atoms with Crippen molar-refractivity contribution in [3.63, 3.8) is 0 Å². The summed E-state index contributed by atoms with van der Waals surface area (Å²) in [7, 11) is 0. The topological polar surface area (TPSA) is 15.3 Å². The van der Waals surface area contributed by atoms with Crippen molar-refractivity contribution in [2.24, 2.45) is 5.92 Å². The van der Waals surface area contributed by atoms with Gasteiger partial charge in [-0.3, -0.25) is 4.90 Å². The lowest BCUT2D eigenvalue weighted by Gasteiger charge is -2.36. The van der Waals surface area contributed by atoms with Crippen LogP contribution in [0.4, 0.5) is 26.3 Å². The molecule has 2 fully saturated rings. The number of halogens is 8. The first kappa shape index (κ1) is 23.3. The number of alkyl halides is 6. The minimum absolute atomic E-state index is 0. The van der Waals surface area contributed by atoms with E-state index in [0.29, 0.717) is 26.2 Å². The maximum absolute atomic E-state index is 13.4. The summed E-state index contributed by atoms with van der Waals surface area (Å²) < 4.78 is 78.8. The summed E-state index contributed by atoms with van der Waals surface area (Å²) >= 11 is 0. The molecule has 150 valence electrons. The molecule has 1 aromatic rings. The van der Waals surface area contributed by atoms with Crippen molar-refractivity contribution in [3.8, 4) is 0 Å². The molecule has 0 amide bonds. The number of hydrogen-bond acceptors (Lipinski definition) is 2. The zero-order valence-electron chi connectivity index (χ0n) is 13.7. The molecular formula is C16H20Cl2F6N2. The number of nitrogens with zero attached hydrogens (tertiary/aromatic N) is 1. The molecule has 0 radical (unpaired) electrons. The molecule has 0 aromatic heterocycles. The van der Waals surface area contributed by atoms with Crippen LogP contribution < -0.4 is 5.32 Å². The lowest BCUT2D eigenvalue weighted by atomic mass is 9.92. The van der Waals surface area contributed by atoms with Crippen LogP contribution in [0.25, 0.3) is 0 Å². The maximum atomic E-state index is 13.4. The highest BCUT2D eigenvalue weighted by molar-refractivity contribution is 5.85.